The number of fused-ring (bicyclic) bond motifs is 2. The number of nitrogens with zero attached hydrogens (tertiary/aromatic N) is 3. The van der Waals surface area contributed by atoms with Gasteiger partial charge in [-0.2, -0.15) is 0 Å². The monoisotopic (exact) mass is 709 g/mol. The second-order valence-electron chi connectivity index (χ2n) is 10.3. The highest BCUT2D eigenvalue weighted by molar-refractivity contribution is 8.04. The zero-order valence-electron chi connectivity index (χ0n) is 23.3. The van der Waals surface area contributed by atoms with Crippen molar-refractivity contribution in [2.24, 2.45) is 5.16 Å². The molecule has 2 aliphatic heterocycles. The van der Waals surface area contributed by atoms with Crippen LogP contribution in [0.4, 0.5) is 18.3 Å². The first-order valence-corrected chi connectivity index (χ1v) is 17.3. The molecule has 240 valence electrons. The number of thiazole rings is 1. The summed E-state index contributed by atoms with van der Waals surface area (Å²) in [5, 5.41) is 18.9. The molecule has 4 heterocycles. The smallest absolute Gasteiger partial charge is 0.352 e. The van der Waals surface area contributed by atoms with E-state index in [-0.39, 0.29) is 54.0 Å². The van der Waals surface area contributed by atoms with Gasteiger partial charge in [-0.25, -0.2) is 22.9 Å². The fourth-order valence-electron chi connectivity index (χ4n) is 5.12. The van der Waals surface area contributed by atoms with E-state index in [0.717, 1.165) is 71.1 Å². The SMILES string of the molecule is Nc1nc(C(=NOC2CCCC2)C(=O)NC2C(=O)N3C(C(=O)O)=C(C=CSc4cc(=O)c5cc(F)c(F)c(F)c5s4)CS[C@H]23)cs1. The number of benzene rings is 1. The van der Waals surface area contributed by atoms with Gasteiger partial charge in [0.15, 0.2) is 33.7 Å². The van der Waals surface area contributed by atoms with Crippen LogP contribution < -0.4 is 16.5 Å². The first-order chi connectivity index (χ1) is 22.0. The van der Waals surface area contributed by atoms with Crippen molar-refractivity contribution >= 4 is 84.9 Å². The molecular weight excluding hydrogens is 688 g/mol. The maximum absolute atomic E-state index is 14.3. The Balaban J connectivity index is 1.18. The van der Waals surface area contributed by atoms with Gasteiger partial charge in [-0.1, -0.05) is 16.9 Å². The van der Waals surface area contributed by atoms with Crippen molar-refractivity contribution in [3.05, 3.63) is 73.6 Å². The quantitative estimate of drug-likeness (QED) is 0.0953. The number of hydrogen-bond donors (Lipinski definition) is 3. The zero-order valence-corrected chi connectivity index (χ0v) is 26.6. The minimum absolute atomic E-state index is 0.139. The van der Waals surface area contributed by atoms with Gasteiger partial charge in [0.05, 0.1) is 8.91 Å². The van der Waals surface area contributed by atoms with Gasteiger partial charge in [0, 0.05) is 22.6 Å². The lowest BCUT2D eigenvalue weighted by molar-refractivity contribution is -0.150. The largest absolute Gasteiger partial charge is 0.477 e. The fraction of sp³-hybridized carbons (Fsp3) is 0.286. The molecule has 1 unspecified atom stereocenters. The summed E-state index contributed by atoms with van der Waals surface area (Å²) >= 11 is 4.01. The zero-order chi connectivity index (χ0) is 32.7. The Morgan fingerprint density at radius 1 is 1.20 bits per heavy atom. The van der Waals surface area contributed by atoms with E-state index in [1.54, 1.807) is 5.38 Å². The van der Waals surface area contributed by atoms with Gasteiger partial charge >= 0.3 is 5.97 Å². The predicted octanol–water partition coefficient (Wildman–Crippen LogP) is 4.43. The third kappa shape index (κ3) is 6.13. The van der Waals surface area contributed by atoms with Crippen LogP contribution in [0.25, 0.3) is 10.1 Å². The van der Waals surface area contributed by atoms with Crippen molar-refractivity contribution < 1.29 is 37.5 Å². The Kier molecular flexibility index (Phi) is 9.13. The third-order valence-electron chi connectivity index (χ3n) is 7.35. The minimum atomic E-state index is -1.69. The molecule has 3 aliphatic rings. The summed E-state index contributed by atoms with van der Waals surface area (Å²) in [5.41, 5.74) is 5.07. The fourth-order valence-corrected chi connectivity index (χ4v) is 8.95. The number of aromatic nitrogens is 1. The van der Waals surface area contributed by atoms with Gasteiger partial charge in [-0.15, -0.1) is 34.4 Å². The Morgan fingerprint density at radius 2 is 1.96 bits per heavy atom. The summed E-state index contributed by atoms with van der Waals surface area (Å²) in [6, 6.07) is 0.733. The van der Waals surface area contributed by atoms with Gasteiger partial charge in [0.25, 0.3) is 11.8 Å². The number of rotatable bonds is 9. The molecule has 1 aromatic carbocycles. The second kappa shape index (κ2) is 13.1. The number of nitrogen functional groups attached to an aromatic ring is 1. The third-order valence-corrected chi connectivity index (χ3v) is 11.4. The number of carbonyl (C=O) groups is 3. The topological polar surface area (TPSA) is 164 Å². The molecule has 1 saturated carbocycles. The summed E-state index contributed by atoms with van der Waals surface area (Å²) in [7, 11) is 0. The molecule has 46 heavy (non-hydrogen) atoms. The van der Waals surface area contributed by atoms with Crippen molar-refractivity contribution in [2.45, 2.75) is 47.4 Å². The molecule has 0 bridgehead atoms. The summed E-state index contributed by atoms with van der Waals surface area (Å²) in [4.78, 5) is 61.9. The molecular formula is C28H22F3N5O6S4. The number of halogens is 3. The summed E-state index contributed by atoms with van der Waals surface area (Å²) in [6.45, 7) is 0. The Bertz CT molecular complexity index is 1920. The summed E-state index contributed by atoms with van der Waals surface area (Å²) in [5.74, 6) is -7.21. The highest BCUT2D eigenvalue weighted by atomic mass is 32.2. The lowest BCUT2D eigenvalue weighted by Crippen LogP contribution is -2.71. The van der Waals surface area contributed by atoms with E-state index in [1.165, 1.54) is 23.2 Å². The number of thioether (sulfide) groups is 2. The molecule has 2 atom stereocenters. The maximum atomic E-state index is 14.3. The molecule has 3 aromatic rings. The van der Waals surface area contributed by atoms with Crippen LogP contribution in [0.5, 0.6) is 0 Å². The van der Waals surface area contributed by atoms with E-state index >= 15 is 0 Å². The lowest BCUT2D eigenvalue weighted by atomic mass is 10.0. The number of amides is 2. The molecule has 0 radical (unpaired) electrons. The average molecular weight is 710 g/mol. The van der Waals surface area contributed by atoms with Crippen molar-refractivity contribution in [3.63, 3.8) is 0 Å². The molecule has 2 fully saturated rings. The van der Waals surface area contributed by atoms with Crippen LogP contribution in [-0.4, -0.2) is 61.8 Å². The predicted molar refractivity (Wildman–Crippen MR) is 169 cm³/mol. The van der Waals surface area contributed by atoms with Gasteiger partial charge < -0.3 is 21.0 Å². The van der Waals surface area contributed by atoms with E-state index in [9.17, 15) is 37.5 Å². The van der Waals surface area contributed by atoms with E-state index in [2.05, 4.69) is 15.5 Å². The Hall–Kier alpha value is -3.87. The van der Waals surface area contributed by atoms with Gasteiger partial charge in [-0.3, -0.25) is 19.3 Å². The van der Waals surface area contributed by atoms with Crippen LogP contribution in [-0.2, 0) is 19.2 Å². The van der Waals surface area contributed by atoms with E-state index in [1.807, 2.05) is 0 Å². The van der Waals surface area contributed by atoms with E-state index in [4.69, 9.17) is 10.6 Å². The molecule has 2 amide bonds. The van der Waals surface area contributed by atoms with E-state index < -0.39 is 52.1 Å². The molecule has 6 rings (SSSR count). The molecule has 0 spiro atoms. The Morgan fingerprint density at radius 3 is 2.65 bits per heavy atom. The molecule has 18 heteroatoms. The number of carboxylic acid groups (broad SMARTS) is 1. The average Bonchev–Trinajstić information content (AvgIpc) is 3.71. The number of anilines is 1. The van der Waals surface area contributed by atoms with Crippen LogP contribution in [0.15, 0.2) is 54.4 Å². The number of aliphatic carboxylic acids is 1. The first kappa shape index (κ1) is 32.1. The highest BCUT2D eigenvalue weighted by Gasteiger charge is 2.54. The molecule has 2 aromatic heterocycles. The van der Waals surface area contributed by atoms with Crippen molar-refractivity contribution in [1.82, 2.24) is 15.2 Å². The van der Waals surface area contributed by atoms with Crippen LogP contribution in [0.1, 0.15) is 31.4 Å². The normalized spacial score (nSPS) is 20.4. The molecule has 11 nitrogen and oxygen atoms in total. The van der Waals surface area contributed by atoms with Crippen LogP contribution >= 0.6 is 46.2 Å². The van der Waals surface area contributed by atoms with Crippen molar-refractivity contribution in [3.8, 4) is 0 Å². The molecule has 4 N–H and O–H groups in total. The van der Waals surface area contributed by atoms with Crippen molar-refractivity contribution in [2.75, 3.05) is 11.5 Å². The lowest BCUT2D eigenvalue weighted by Gasteiger charge is -2.49. The number of carbonyl (C=O) groups excluding carboxylic acids is 2. The summed E-state index contributed by atoms with van der Waals surface area (Å²) in [6.07, 6.45) is 4.88. The standard InChI is InChI=1S/C28H22F3N5O6S4/c29-14-7-13-16(37)8-17(46-23(13)19(31)18(14)30)43-6-5-11-9-44-26-21(25(39)36(26)22(11)27(40)41)34-24(38)20(15-10-45-28(32)33-15)35-42-12-3-1-2-4-12/h5-8,10,12,21,26H,1-4,9H2,(H2,32,33)(H,34,38)(H,40,41)/t21?,26-/m1/s1. The number of oxime groups is 1. The number of β-lactam (4-membered cyclic amide) rings is 1. The highest BCUT2D eigenvalue weighted by Crippen LogP contribution is 2.41. The molecule has 1 saturated heterocycles. The van der Waals surface area contributed by atoms with Crippen LogP contribution in [0.2, 0.25) is 0 Å². The second-order valence-corrected chi connectivity index (χ2v) is 14.5. The van der Waals surface area contributed by atoms with Crippen molar-refractivity contribution in [1.29, 1.82) is 0 Å². The van der Waals surface area contributed by atoms with E-state index in [0.29, 0.717) is 6.07 Å². The number of hydrogen-bond acceptors (Lipinski definition) is 12. The van der Waals surface area contributed by atoms with Gasteiger partial charge in [0.2, 0.25) is 0 Å². The number of nitrogens with one attached hydrogen (secondary N) is 1. The first-order valence-electron chi connectivity index (χ1n) is 13.6. The van der Waals surface area contributed by atoms with Crippen LogP contribution in [0.3, 0.4) is 0 Å². The minimum Gasteiger partial charge on any atom is -0.477 e. The molecule has 1 aliphatic carbocycles. The number of allylic oxidation sites excluding steroid dienone is 1. The Labute approximate surface area is 274 Å². The number of nitrogens with two attached hydrogens (primary N) is 1. The summed E-state index contributed by atoms with van der Waals surface area (Å²) < 4.78 is 41.5. The van der Waals surface area contributed by atoms with Crippen LogP contribution in [0, 0.1) is 17.5 Å². The number of carboxylic acids is 1. The maximum Gasteiger partial charge on any atom is 0.352 e. The van der Waals surface area contributed by atoms with Gasteiger partial charge in [-0.05, 0) is 48.8 Å². The van der Waals surface area contributed by atoms with Gasteiger partial charge in [0.1, 0.15) is 28.9 Å².